The van der Waals surface area contributed by atoms with E-state index in [-0.39, 0.29) is 24.4 Å². The largest absolute Gasteiger partial charge is 0.496 e. The number of nitrogens with zero attached hydrogens (tertiary/aromatic N) is 3. The number of ether oxygens (including phenoxy) is 1. The predicted molar refractivity (Wildman–Crippen MR) is 97.9 cm³/mol. The van der Waals surface area contributed by atoms with E-state index in [1.54, 1.807) is 23.3 Å². The molecule has 0 saturated carbocycles. The molecule has 2 amide bonds. The normalized spacial score (nSPS) is 20.7. The second-order valence-corrected chi connectivity index (χ2v) is 7.50. The van der Waals surface area contributed by atoms with Gasteiger partial charge in [-0.1, -0.05) is 12.1 Å². The minimum absolute atomic E-state index is 0.00509. The van der Waals surface area contributed by atoms with Gasteiger partial charge in [-0.15, -0.1) is 11.3 Å². The molecular weight excluding hydrogens is 352 g/mol. The zero-order valence-electron chi connectivity index (χ0n) is 14.5. The Morgan fingerprint density at radius 3 is 3.00 bits per heavy atom. The van der Waals surface area contributed by atoms with Gasteiger partial charge < -0.3 is 15.0 Å². The van der Waals surface area contributed by atoms with E-state index in [4.69, 9.17) is 4.74 Å². The van der Waals surface area contributed by atoms with Crippen molar-refractivity contribution < 1.29 is 14.3 Å². The molecule has 2 fully saturated rings. The first kappa shape index (κ1) is 17.0. The molecule has 1 unspecified atom stereocenters. The van der Waals surface area contributed by atoms with Crippen LogP contribution < -0.4 is 10.1 Å². The summed E-state index contributed by atoms with van der Waals surface area (Å²) in [7, 11) is 1.66. The highest BCUT2D eigenvalue weighted by Crippen LogP contribution is 2.33. The molecule has 26 heavy (non-hydrogen) atoms. The van der Waals surface area contributed by atoms with Crippen molar-refractivity contribution in [2.75, 3.05) is 33.3 Å². The Balaban J connectivity index is 1.46. The number of carbonyl (C=O) groups is 2. The third-order valence-electron chi connectivity index (χ3n) is 4.77. The second-order valence-electron chi connectivity index (χ2n) is 6.39. The maximum absolute atomic E-state index is 12.1. The van der Waals surface area contributed by atoms with Gasteiger partial charge in [0, 0.05) is 37.3 Å². The lowest BCUT2D eigenvalue weighted by Gasteiger charge is -2.42. The number of nitrogens with one attached hydrogen (secondary N) is 1. The van der Waals surface area contributed by atoms with Gasteiger partial charge in [-0.2, -0.15) is 0 Å². The molecule has 1 aromatic carbocycles. The van der Waals surface area contributed by atoms with Gasteiger partial charge in [-0.25, -0.2) is 4.98 Å². The summed E-state index contributed by atoms with van der Waals surface area (Å²) in [6, 6.07) is 7.45. The molecule has 1 N–H and O–H groups in total. The van der Waals surface area contributed by atoms with Gasteiger partial charge in [0.15, 0.2) is 0 Å². The number of hydrogen-bond donors (Lipinski definition) is 1. The number of piperazine rings is 2. The van der Waals surface area contributed by atoms with E-state index >= 15 is 0 Å². The number of hydrogen-bond acceptors (Lipinski definition) is 6. The van der Waals surface area contributed by atoms with Crippen LogP contribution in [0.4, 0.5) is 0 Å². The summed E-state index contributed by atoms with van der Waals surface area (Å²) in [5.74, 6) is 0.748. The lowest BCUT2D eigenvalue weighted by Crippen LogP contribution is -2.65. The smallest absolute Gasteiger partial charge is 0.244 e. The molecule has 2 aliphatic heterocycles. The predicted octanol–water partition coefficient (Wildman–Crippen LogP) is 0.961. The van der Waals surface area contributed by atoms with Crippen molar-refractivity contribution in [1.29, 1.82) is 0 Å². The monoisotopic (exact) mass is 372 g/mol. The quantitative estimate of drug-likeness (QED) is 0.865. The SMILES string of the molecule is COc1ccccc1-c1ncc(CN2CCN3C(=O)CNC(=O)C3C2)s1. The summed E-state index contributed by atoms with van der Waals surface area (Å²) < 4.78 is 5.41. The van der Waals surface area contributed by atoms with Gasteiger partial charge in [0.25, 0.3) is 0 Å². The number of para-hydroxylation sites is 1. The number of amides is 2. The lowest BCUT2D eigenvalue weighted by atomic mass is 10.1. The number of carbonyl (C=O) groups excluding carboxylic acids is 2. The average Bonchev–Trinajstić information content (AvgIpc) is 3.13. The van der Waals surface area contributed by atoms with Gasteiger partial charge in [-0.3, -0.25) is 14.5 Å². The number of methoxy groups -OCH3 is 1. The topological polar surface area (TPSA) is 74.8 Å². The first-order valence-electron chi connectivity index (χ1n) is 8.53. The summed E-state index contributed by atoms with van der Waals surface area (Å²) in [6.07, 6.45) is 1.88. The summed E-state index contributed by atoms with van der Waals surface area (Å²) in [5.41, 5.74) is 0.980. The Labute approximate surface area is 155 Å². The van der Waals surface area contributed by atoms with Crippen LogP contribution in [0.1, 0.15) is 4.88 Å². The maximum atomic E-state index is 12.1. The highest BCUT2D eigenvalue weighted by atomic mass is 32.1. The van der Waals surface area contributed by atoms with Gasteiger partial charge >= 0.3 is 0 Å². The molecule has 3 heterocycles. The average molecular weight is 372 g/mol. The minimum Gasteiger partial charge on any atom is -0.496 e. The van der Waals surface area contributed by atoms with Crippen LogP contribution in [0.15, 0.2) is 30.5 Å². The fourth-order valence-corrected chi connectivity index (χ4v) is 4.42. The van der Waals surface area contributed by atoms with Crippen LogP contribution in [0.2, 0.25) is 0 Å². The van der Waals surface area contributed by atoms with Crippen LogP contribution >= 0.6 is 11.3 Å². The highest BCUT2D eigenvalue weighted by molar-refractivity contribution is 7.15. The van der Waals surface area contributed by atoms with E-state index in [1.165, 1.54) is 0 Å². The molecule has 1 aromatic heterocycles. The van der Waals surface area contributed by atoms with Gasteiger partial charge in [0.1, 0.15) is 16.8 Å². The number of aromatic nitrogens is 1. The number of thiazole rings is 1. The van der Waals surface area contributed by atoms with E-state index in [1.807, 2.05) is 30.5 Å². The summed E-state index contributed by atoms with van der Waals surface area (Å²) in [4.78, 5) is 33.6. The molecule has 0 bridgehead atoms. The molecule has 4 rings (SSSR count). The molecule has 0 radical (unpaired) electrons. The van der Waals surface area contributed by atoms with Crippen LogP contribution in [0.5, 0.6) is 5.75 Å². The zero-order valence-corrected chi connectivity index (χ0v) is 15.3. The molecule has 2 aromatic rings. The number of rotatable bonds is 4. The van der Waals surface area contributed by atoms with Crippen molar-refractivity contribution in [1.82, 2.24) is 20.1 Å². The van der Waals surface area contributed by atoms with Crippen LogP contribution in [-0.4, -0.2) is 65.9 Å². The molecular formula is C18H20N4O3S. The van der Waals surface area contributed by atoms with Gasteiger partial charge in [-0.05, 0) is 12.1 Å². The number of fused-ring (bicyclic) bond motifs is 1. The van der Waals surface area contributed by atoms with Crippen molar-refractivity contribution in [3.05, 3.63) is 35.3 Å². The fraction of sp³-hybridized carbons (Fsp3) is 0.389. The first-order chi connectivity index (χ1) is 12.7. The Hall–Kier alpha value is -2.45. The lowest BCUT2D eigenvalue weighted by molar-refractivity contribution is -0.149. The molecule has 2 saturated heterocycles. The van der Waals surface area contributed by atoms with Crippen LogP contribution in [0.3, 0.4) is 0 Å². The molecule has 7 nitrogen and oxygen atoms in total. The number of benzene rings is 1. The Morgan fingerprint density at radius 2 is 2.15 bits per heavy atom. The Morgan fingerprint density at radius 1 is 1.31 bits per heavy atom. The third-order valence-corrected chi connectivity index (χ3v) is 5.79. The van der Waals surface area contributed by atoms with Crippen molar-refractivity contribution in [3.63, 3.8) is 0 Å². The zero-order chi connectivity index (χ0) is 18.1. The van der Waals surface area contributed by atoms with Gasteiger partial charge in [0.05, 0.1) is 19.2 Å². The second kappa shape index (κ2) is 7.05. The molecule has 0 aliphatic carbocycles. The van der Waals surface area contributed by atoms with E-state index in [0.717, 1.165) is 34.3 Å². The van der Waals surface area contributed by atoms with Crippen molar-refractivity contribution in [2.24, 2.45) is 0 Å². The van der Waals surface area contributed by atoms with E-state index < -0.39 is 0 Å². The fourth-order valence-electron chi connectivity index (χ4n) is 3.43. The maximum Gasteiger partial charge on any atom is 0.244 e. The van der Waals surface area contributed by atoms with Crippen molar-refractivity contribution in [3.8, 4) is 16.3 Å². The summed E-state index contributed by atoms with van der Waals surface area (Å²) in [5, 5.41) is 3.59. The van der Waals surface area contributed by atoms with Crippen molar-refractivity contribution in [2.45, 2.75) is 12.6 Å². The molecule has 2 aliphatic rings. The first-order valence-corrected chi connectivity index (χ1v) is 9.35. The third kappa shape index (κ3) is 3.17. The van der Waals surface area contributed by atoms with Crippen molar-refractivity contribution >= 4 is 23.2 Å². The molecule has 8 heteroatoms. The molecule has 136 valence electrons. The Bertz CT molecular complexity index is 837. The van der Waals surface area contributed by atoms with Crippen LogP contribution in [0.25, 0.3) is 10.6 Å². The van der Waals surface area contributed by atoms with E-state index in [0.29, 0.717) is 13.1 Å². The highest BCUT2D eigenvalue weighted by Gasteiger charge is 2.38. The van der Waals surface area contributed by atoms with E-state index in [9.17, 15) is 9.59 Å². The molecule has 0 spiro atoms. The Kier molecular flexibility index (Phi) is 4.60. The molecule has 1 atom stereocenters. The summed E-state index contributed by atoms with van der Waals surface area (Å²) >= 11 is 1.63. The van der Waals surface area contributed by atoms with Gasteiger partial charge in [0.2, 0.25) is 11.8 Å². The summed E-state index contributed by atoms with van der Waals surface area (Å²) in [6.45, 7) is 2.75. The minimum atomic E-state index is -0.383. The van der Waals surface area contributed by atoms with Crippen LogP contribution in [-0.2, 0) is 16.1 Å². The standard InChI is InChI=1S/C18H20N4O3S/c1-25-15-5-3-2-4-13(15)18-20-8-12(26-18)10-21-6-7-22-14(11-21)17(24)19-9-16(22)23/h2-5,8,14H,6-7,9-11H2,1H3,(H,19,24). The van der Waals surface area contributed by atoms with E-state index in [2.05, 4.69) is 15.2 Å². The van der Waals surface area contributed by atoms with Crippen LogP contribution in [0, 0.1) is 0 Å².